The molecule has 0 heteroatoms. The van der Waals surface area contributed by atoms with E-state index < -0.39 is 0 Å². The molecule has 0 radical (unpaired) electrons. The Bertz CT molecular complexity index is 672. The fourth-order valence-corrected chi connectivity index (χ4v) is 1.63. The van der Waals surface area contributed by atoms with Gasteiger partial charge in [0.2, 0.25) is 0 Å². The van der Waals surface area contributed by atoms with Gasteiger partial charge in [-0.05, 0) is 43.7 Å². The molecule has 0 saturated heterocycles. The van der Waals surface area contributed by atoms with Crippen molar-refractivity contribution < 1.29 is 0 Å². The van der Waals surface area contributed by atoms with Gasteiger partial charge in [0.05, 0.1) is 0 Å². The molecule has 0 N–H and O–H groups in total. The Morgan fingerprint density at radius 3 is 1.82 bits per heavy atom. The molecule has 0 aliphatic carbocycles. The zero-order valence-corrected chi connectivity index (χ0v) is 14.4. The van der Waals surface area contributed by atoms with Gasteiger partial charge in [0, 0.05) is 0 Å². The summed E-state index contributed by atoms with van der Waals surface area (Å²) in [7, 11) is 0. The van der Waals surface area contributed by atoms with Crippen molar-refractivity contribution in [3.63, 3.8) is 0 Å². The van der Waals surface area contributed by atoms with Crippen LogP contribution in [0.1, 0.15) is 25.0 Å². The van der Waals surface area contributed by atoms with Gasteiger partial charge >= 0.3 is 0 Å². The molecule has 2 rings (SSSR count). The largest absolute Gasteiger partial charge is 0.100 e. The normalized spacial score (nSPS) is 9.73. The van der Waals surface area contributed by atoms with Gasteiger partial charge in [0.25, 0.3) is 0 Å². The van der Waals surface area contributed by atoms with Gasteiger partial charge in [-0.3, -0.25) is 0 Å². The van der Waals surface area contributed by atoms with Gasteiger partial charge in [0.15, 0.2) is 0 Å². The van der Waals surface area contributed by atoms with Crippen LogP contribution >= 0.6 is 0 Å². The smallest absolute Gasteiger partial charge is 0.0161 e. The SMILES string of the molecule is C=C(C)C.C=C/C=c1/c(C)cccc1=C.Cc1ccccc1. The predicted octanol–water partition coefficient (Wildman–Crippen LogP) is 4.95. The summed E-state index contributed by atoms with van der Waals surface area (Å²) in [5, 5.41) is 2.24. The fraction of sp³-hybridized carbons (Fsp3) is 0.182. The Labute approximate surface area is 135 Å². The van der Waals surface area contributed by atoms with E-state index in [1.807, 2.05) is 50.3 Å². The van der Waals surface area contributed by atoms with Gasteiger partial charge in [-0.1, -0.05) is 85.0 Å². The van der Waals surface area contributed by atoms with E-state index in [0.29, 0.717) is 0 Å². The van der Waals surface area contributed by atoms with Crippen molar-refractivity contribution in [1.82, 2.24) is 0 Å². The summed E-state index contributed by atoms with van der Waals surface area (Å²) in [6, 6.07) is 16.3. The minimum absolute atomic E-state index is 1.06. The van der Waals surface area contributed by atoms with Crippen LogP contribution in [0.5, 0.6) is 0 Å². The molecule has 0 bridgehead atoms. The minimum atomic E-state index is 1.06. The van der Waals surface area contributed by atoms with Crippen molar-refractivity contribution >= 4 is 12.7 Å². The molecule has 0 aliphatic heterocycles. The molecule has 0 nitrogen and oxygen atoms in total. The van der Waals surface area contributed by atoms with Gasteiger partial charge in [0.1, 0.15) is 0 Å². The first kappa shape index (κ1) is 19.7. The third-order valence-corrected chi connectivity index (χ3v) is 2.64. The van der Waals surface area contributed by atoms with Gasteiger partial charge in [-0.15, -0.1) is 6.58 Å². The maximum absolute atomic E-state index is 3.92. The maximum atomic E-state index is 3.92. The lowest BCUT2D eigenvalue weighted by Crippen LogP contribution is -2.24. The highest BCUT2D eigenvalue weighted by Gasteiger charge is 1.85. The van der Waals surface area contributed by atoms with Crippen molar-refractivity contribution in [2.24, 2.45) is 0 Å². The Balaban J connectivity index is 0.000000343. The van der Waals surface area contributed by atoms with E-state index in [9.17, 15) is 0 Å². The van der Waals surface area contributed by atoms with Crippen molar-refractivity contribution in [2.45, 2.75) is 27.7 Å². The topological polar surface area (TPSA) is 0 Å². The molecule has 0 spiro atoms. The van der Waals surface area contributed by atoms with Crippen LogP contribution in [-0.2, 0) is 0 Å². The second-order valence-corrected chi connectivity index (χ2v) is 5.41. The summed E-state index contributed by atoms with van der Waals surface area (Å²) in [4.78, 5) is 0. The molecule has 22 heavy (non-hydrogen) atoms. The highest BCUT2D eigenvalue weighted by Crippen LogP contribution is 1.92. The number of allylic oxidation sites excluding steroid dienone is 2. The van der Waals surface area contributed by atoms with Crippen LogP contribution in [0.2, 0.25) is 0 Å². The summed E-state index contributed by atoms with van der Waals surface area (Å²) in [6.45, 7) is 19.2. The van der Waals surface area contributed by atoms with Crippen LogP contribution in [0.3, 0.4) is 0 Å². The van der Waals surface area contributed by atoms with E-state index in [-0.39, 0.29) is 0 Å². The number of rotatable bonds is 1. The van der Waals surface area contributed by atoms with Gasteiger partial charge in [-0.2, -0.15) is 0 Å². The molecular formula is C22H28. The standard InChI is InChI=1S/C11H12.C7H8.C4H8/c1-4-6-11-9(2)7-5-8-10(11)3;1-7-5-3-2-4-6-7;1-4(2)3/h4-8H,1-2H2,3H3;2-6H,1H3;1H2,2-3H3/b11-6+;;. The monoisotopic (exact) mass is 292 g/mol. The summed E-state index contributed by atoms with van der Waals surface area (Å²) in [5.74, 6) is 0. The maximum Gasteiger partial charge on any atom is -0.0161 e. The van der Waals surface area contributed by atoms with Crippen LogP contribution in [0.25, 0.3) is 12.7 Å². The Morgan fingerprint density at radius 2 is 1.45 bits per heavy atom. The minimum Gasteiger partial charge on any atom is -0.100 e. The summed E-state index contributed by atoms with van der Waals surface area (Å²) in [5.41, 5.74) is 3.74. The molecule has 0 aliphatic rings. The predicted molar refractivity (Wildman–Crippen MR) is 102 cm³/mol. The molecular weight excluding hydrogens is 264 g/mol. The molecule has 2 aromatic carbocycles. The Morgan fingerprint density at radius 1 is 0.909 bits per heavy atom. The molecule has 0 fully saturated rings. The first-order valence-electron chi connectivity index (χ1n) is 7.39. The lowest BCUT2D eigenvalue weighted by atomic mass is 10.1. The molecule has 0 aromatic heterocycles. The first-order chi connectivity index (χ1) is 10.4. The van der Waals surface area contributed by atoms with E-state index >= 15 is 0 Å². The van der Waals surface area contributed by atoms with Crippen LogP contribution < -0.4 is 10.4 Å². The molecule has 2 aromatic rings. The molecule has 0 heterocycles. The van der Waals surface area contributed by atoms with Crippen molar-refractivity contribution in [2.75, 3.05) is 0 Å². The average molecular weight is 292 g/mol. The summed E-state index contributed by atoms with van der Waals surface area (Å²) < 4.78 is 0. The molecule has 0 saturated carbocycles. The van der Waals surface area contributed by atoms with E-state index in [2.05, 4.69) is 51.8 Å². The van der Waals surface area contributed by atoms with Crippen LogP contribution in [0.4, 0.5) is 0 Å². The second-order valence-electron chi connectivity index (χ2n) is 5.41. The molecule has 0 atom stereocenters. The Hall–Kier alpha value is -2.34. The third-order valence-electron chi connectivity index (χ3n) is 2.64. The lowest BCUT2D eigenvalue weighted by Gasteiger charge is -1.92. The van der Waals surface area contributed by atoms with Crippen molar-refractivity contribution in [1.29, 1.82) is 0 Å². The quantitative estimate of drug-likeness (QED) is 0.652. The zero-order chi connectivity index (χ0) is 17.0. The van der Waals surface area contributed by atoms with Gasteiger partial charge < -0.3 is 0 Å². The molecule has 116 valence electrons. The van der Waals surface area contributed by atoms with Crippen LogP contribution in [0.15, 0.2) is 73.3 Å². The molecule has 0 amide bonds. The highest BCUT2D eigenvalue weighted by atomic mass is 13.9. The van der Waals surface area contributed by atoms with Crippen LogP contribution in [0, 0.1) is 13.8 Å². The third kappa shape index (κ3) is 9.55. The van der Waals surface area contributed by atoms with E-state index in [1.165, 1.54) is 21.9 Å². The van der Waals surface area contributed by atoms with Crippen molar-refractivity contribution in [3.8, 4) is 0 Å². The van der Waals surface area contributed by atoms with E-state index in [0.717, 1.165) is 5.22 Å². The number of aryl methyl sites for hydroxylation is 2. The highest BCUT2D eigenvalue weighted by molar-refractivity contribution is 5.39. The second kappa shape index (κ2) is 11.3. The lowest BCUT2D eigenvalue weighted by molar-refractivity contribution is 1.38. The first-order valence-corrected chi connectivity index (χ1v) is 7.39. The molecule has 0 unspecified atom stereocenters. The zero-order valence-electron chi connectivity index (χ0n) is 14.4. The number of hydrogen-bond donors (Lipinski definition) is 0. The Kier molecular flexibility index (Phi) is 10.1. The van der Waals surface area contributed by atoms with E-state index in [4.69, 9.17) is 0 Å². The number of hydrogen-bond acceptors (Lipinski definition) is 0. The van der Waals surface area contributed by atoms with Gasteiger partial charge in [-0.25, -0.2) is 0 Å². The average Bonchev–Trinajstić information content (AvgIpc) is 2.44. The number of benzene rings is 2. The van der Waals surface area contributed by atoms with Crippen molar-refractivity contribution in [3.05, 3.63) is 94.9 Å². The summed E-state index contributed by atoms with van der Waals surface area (Å²) in [6.07, 6.45) is 3.77. The van der Waals surface area contributed by atoms with E-state index in [1.54, 1.807) is 6.08 Å². The van der Waals surface area contributed by atoms with Crippen LogP contribution in [-0.4, -0.2) is 0 Å². The summed E-state index contributed by atoms with van der Waals surface area (Å²) >= 11 is 0. The fourth-order valence-electron chi connectivity index (χ4n) is 1.63.